The zero-order valence-corrected chi connectivity index (χ0v) is 18.3. The first-order chi connectivity index (χ1) is 16.4. The van der Waals surface area contributed by atoms with Gasteiger partial charge in [-0.25, -0.2) is 5.10 Å². The van der Waals surface area contributed by atoms with Crippen LogP contribution < -0.4 is 21.1 Å². The molecule has 0 aliphatic heterocycles. The number of nitrogens with zero attached hydrogens (tertiary/aromatic N) is 1. The van der Waals surface area contributed by atoms with Crippen LogP contribution in [0.25, 0.3) is 10.8 Å². The largest absolute Gasteiger partial charge is 0.484 e. The number of hydrazine groups is 1. The number of carbonyl (C=O) groups is 3. The van der Waals surface area contributed by atoms with Gasteiger partial charge < -0.3 is 4.74 Å². The first kappa shape index (κ1) is 22.7. The smallest absolute Gasteiger partial charge is 0.290 e. The first-order valence-corrected chi connectivity index (χ1v) is 10.4. The van der Waals surface area contributed by atoms with E-state index < -0.39 is 17.4 Å². The Bertz CT molecular complexity index is 1430. The maximum absolute atomic E-state index is 12.5. The van der Waals surface area contributed by atoms with Crippen molar-refractivity contribution in [2.24, 2.45) is 0 Å². The Morgan fingerprint density at radius 3 is 2.15 bits per heavy atom. The lowest BCUT2D eigenvalue weighted by Crippen LogP contribution is -2.44. The number of aromatic nitrogens is 2. The summed E-state index contributed by atoms with van der Waals surface area (Å²) in [5.74, 6) is -1.14. The molecule has 1 heterocycles. The lowest BCUT2D eigenvalue weighted by molar-refractivity contribution is -0.123. The van der Waals surface area contributed by atoms with E-state index in [4.69, 9.17) is 16.3 Å². The van der Waals surface area contributed by atoms with E-state index in [1.165, 1.54) is 0 Å². The molecule has 170 valence electrons. The Labute approximate surface area is 197 Å². The van der Waals surface area contributed by atoms with Gasteiger partial charge in [0.05, 0.1) is 5.39 Å². The van der Waals surface area contributed by atoms with Gasteiger partial charge in [-0.1, -0.05) is 29.8 Å². The predicted octanol–water partition coefficient (Wildman–Crippen LogP) is 2.65. The third kappa shape index (κ3) is 5.11. The normalized spacial score (nSPS) is 10.5. The number of benzene rings is 3. The van der Waals surface area contributed by atoms with Gasteiger partial charge in [0.1, 0.15) is 5.75 Å². The lowest BCUT2D eigenvalue weighted by atomic mass is 10.0. The Balaban J connectivity index is 1.31. The molecule has 0 fully saturated rings. The molecule has 0 saturated heterocycles. The second-order valence-corrected chi connectivity index (χ2v) is 7.53. The molecule has 0 saturated carbocycles. The minimum atomic E-state index is -0.703. The summed E-state index contributed by atoms with van der Waals surface area (Å²) < 4.78 is 5.39. The van der Waals surface area contributed by atoms with Crippen LogP contribution in [0, 0.1) is 0 Å². The predicted molar refractivity (Wildman–Crippen MR) is 125 cm³/mol. The van der Waals surface area contributed by atoms with Crippen LogP contribution in [0.3, 0.4) is 0 Å². The standard InChI is InChI=1S/C24H17ClN4O5/c25-16-9-5-14(6-10-16)22(31)15-7-11-17(12-8-15)34-13-20(30)26-29-24(33)21-18-3-1-2-4-19(18)23(32)28-27-21/h1-12H,13H2,(H,26,30)(H,28,32)(H,29,33). The van der Waals surface area contributed by atoms with Crippen molar-refractivity contribution in [1.29, 1.82) is 0 Å². The number of ether oxygens (including phenoxy) is 1. The topological polar surface area (TPSA) is 130 Å². The van der Waals surface area contributed by atoms with Crippen molar-refractivity contribution >= 4 is 40.0 Å². The minimum Gasteiger partial charge on any atom is -0.484 e. The van der Waals surface area contributed by atoms with E-state index in [1.54, 1.807) is 72.8 Å². The van der Waals surface area contributed by atoms with Crippen molar-refractivity contribution in [2.75, 3.05) is 6.61 Å². The summed E-state index contributed by atoms with van der Waals surface area (Å²) in [5.41, 5.74) is 4.94. The highest BCUT2D eigenvalue weighted by Crippen LogP contribution is 2.17. The number of rotatable bonds is 6. The monoisotopic (exact) mass is 476 g/mol. The lowest BCUT2D eigenvalue weighted by Gasteiger charge is -2.10. The van der Waals surface area contributed by atoms with E-state index in [2.05, 4.69) is 21.0 Å². The van der Waals surface area contributed by atoms with Crippen LogP contribution >= 0.6 is 11.6 Å². The van der Waals surface area contributed by atoms with E-state index in [0.717, 1.165) is 0 Å². The van der Waals surface area contributed by atoms with Crippen molar-refractivity contribution in [3.8, 4) is 5.75 Å². The maximum atomic E-state index is 12.5. The Morgan fingerprint density at radius 1 is 0.853 bits per heavy atom. The van der Waals surface area contributed by atoms with Crippen LogP contribution in [0.15, 0.2) is 77.6 Å². The average molecular weight is 477 g/mol. The maximum Gasteiger partial charge on any atom is 0.290 e. The first-order valence-electron chi connectivity index (χ1n) is 10.0. The van der Waals surface area contributed by atoms with Gasteiger partial charge in [0.15, 0.2) is 18.1 Å². The average Bonchev–Trinajstić information content (AvgIpc) is 2.87. The Morgan fingerprint density at radius 2 is 1.47 bits per heavy atom. The molecule has 4 aromatic rings. The molecule has 3 aromatic carbocycles. The number of amides is 2. The second kappa shape index (κ2) is 9.97. The van der Waals surface area contributed by atoms with Gasteiger partial charge in [0.2, 0.25) is 0 Å². The number of fused-ring (bicyclic) bond motifs is 1. The summed E-state index contributed by atoms with van der Waals surface area (Å²) in [4.78, 5) is 48.8. The number of halogens is 1. The summed E-state index contributed by atoms with van der Waals surface area (Å²) >= 11 is 5.84. The molecule has 0 spiro atoms. The highest BCUT2D eigenvalue weighted by atomic mass is 35.5. The molecule has 4 rings (SSSR count). The molecule has 9 nitrogen and oxygen atoms in total. The fourth-order valence-corrected chi connectivity index (χ4v) is 3.25. The van der Waals surface area contributed by atoms with Gasteiger partial charge >= 0.3 is 0 Å². The van der Waals surface area contributed by atoms with E-state index in [0.29, 0.717) is 32.7 Å². The summed E-state index contributed by atoms with van der Waals surface area (Å²) in [7, 11) is 0. The number of ketones is 1. The molecule has 34 heavy (non-hydrogen) atoms. The van der Waals surface area contributed by atoms with Crippen LogP contribution in [-0.4, -0.2) is 34.4 Å². The quantitative estimate of drug-likeness (QED) is 0.290. The Kier molecular flexibility index (Phi) is 6.65. The molecule has 10 heteroatoms. The highest BCUT2D eigenvalue weighted by molar-refractivity contribution is 6.30. The van der Waals surface area contributed by atoms with Crippen LogP contribution in [-0.2, 0) is 4.79 Å². The van der Waals surface area contributed by atoms with E-state index in [1.807, 2.05) is 0 Å². The van der Waals surface area contributed by atoms with Crippen LogP contribution in [0.1, 0.15) is 26.4 Å². The number of H-pyrrole nitrogens is 1. The number of hydrogen-bond acceptors (Lipinski definition) is 6. The molecule has 3 N–H and O–H groups in total. The second-order valence-electron chi connectivity index (χ2n) is 7.10. The van der Waals surface area contributed by atoms with E-state index in [-0.39, 0.29) is 18.1 Å². The van der Waals surface area contributed by atoms with Gasteiger partial charge in [0.25, 0.3) is 17.4 Å². The zero-order valence-electron chi connectivity index (χ0n) is 17.5. The summed E-state index contributed by atoms with van der Waals surface area (Å²) in [6.45, 7) is -0.384. The fraction of sp³-hybridized carbons (Fsp3) is 0.0417. The van der Waals surface area contributed by atoms with E-state index >= 15 is 0 Å². The fourth-order valence-electron chi connectivity index (χ4n) is 3.13. The summed E-state index contributed by atoms with van der Waals surface area (Å²) in [6.07, 6.45) is 0. The molecule has 1 aromatic heterocycles. The summed E-state index contributed by atoms with van der Waals surface area (Å²) in [6, 6.07) is 19.3. The van der Waals surface area contributed by atoms with Crippen LogP contribution in [0.5, 0.6) is 5.75 Å². The third-order valence-electron chi connectivity index (χ3n) is 4.82. The zero-order chi connectivity index (χ0) is 24.1. The van der Waals surface area contributed by atoms with Crippen molar-refractivity contribution in [3.63, 3.8) is 0 Å². The van der Waals surface area contributed by atoms with Gasteiger partial charge in [-0.05, 0) is 54.6 Å². The Hall–Kier alpha value is -4.50. The van der Waals surface area contributed by atoms with Crippen LogP contribution in [0.4, 0.5) is 0 Å². The van der Waals surface area contributed by atoms with Crippen molar-refractivity contribution in [3.05, 3.63) is 105 Å². The molecule has 0 aliphatic rings. The number of carbonyl (C=O) groups excluding carboxylic acids is 3. The molecule has 0 bridgehead atoms. The number of aromatic amines is 1. The SMILES string of the molecule is O=C(COc1ccc(C(=O)c2ccc(Cl)cc2)cc1)NNC(=O)c1n[nH]c(=O)c2ccccc12. The van der Waals surface area contributed by atoms with Crippen LogP contribution in [0.2, 0.25) is 5.02 Å². The molecular weight excluding hydrogens is 460 g/mol. The molecular formula is C24H17ClN4O5. The van der Waals surface area contributed by atoms with E-state index in [9.17, 15) is 19.2 Å². The van der Waals surface area contributed by atoms with Gasteiger partial charge in [0, 0.05) is 21.5 Å². The summed E-state index contributed by atoms with van der Waals surface area (Å²) in [5, 5.41) is 7.20. The minimum absolute atomic E-state index is 0.0441. The molecule has 0 radical (unpaired) electrons. The van der Waals surface area contributed by atoms with Gasteiger partial charge in [-0.2, -0.15) is 5.10 Å². The van der Waals surface area contributed by atoms with Gasteiger partial charge in [-0.15, -0.1) is 0 Å². The molecule has 0 atom stereocenters. The molecule has 0 aliphatic carbocycles. The third-order valence-corrected chi connectivity index (χ3v) is 5.07. The molecule has 0 unspecified atom stereocenters. The van der Waals surface area contributed by atoms with Crippen molar-refractivity contribution in [2.45, 2.75) is 0 Å². The van der Waals surface area contributed by atoms with Gasteiger partial charge in [-0.3, -0.25) is 30.0 Å². The molecule has 2 amide bonds. The number of nitrogens with one attached hydrogen (secondary N) is 3. The number of hydrogen-bond donors (Lipinski definition) is 3. The highest BCUT2D eigenvalue weighted by Gasteiger charge is 2.15. The van der Waals surface area contributed by atoms with Crippen molar-refractivity contribution in [1.82, 2.24) is 21.0 Å². The van der Waals surface area contributed by atoms with Crippen molar-refractivity contribution < 1.29 is 19.1 Å².